The van der Waals surface area contributed by atoms with E-state index in [4.69, 9.17) is 5.11 Å². The van der Waals surface area contributed by atoms with E-state index in [0.717, 1.165) is 0 Å². The van der Waals surface area contributed by atoms with E-state index in [1.54, 1.807) is 0 Å². The summed E-state index contributed by atoms with van der Waals surface area (Å²) in [6.07, 6.45) is 0.536. The number of thiazole rings is 1. The van der Waals surface area contributed by atoms with Gasteiger partial charge in [-0.15, -0.1) is 0 Å². The predicted molar refractivity (Wildman–Crippen MR) is 70.3 cm³/mol. The molecule has 0 aliphatic heterocycles. The molecule has 18 heavy (non-hydrogen) atoms. The van der Waals surface area contributed by atoms with Gasteiger partial charge in [-0.25, -0.2) is 13.1 Å². The molecule has 0 aliphatic carbocycles. The number of aliphatic hydroxyl groups excluding tert-OH is 1. The van der Waals surface area contributed by atoms with Crippen LogP contribution in [0.4, 0.5) is 0 Å². The van der Waals surface area contributed by atoms with Crippen LogP contribution < -0.4 is 9.60 Å². The third kappa shape index (κ3) is 3.91. The number of hydrogen-bond acceptors (Lipinski definition) is 5. The summed E-state index contributed by atoms with van der Waals surface area (Å²) in [6.45, 7) is 5.15. The van der Waals surface area contributed by atoms with Crippen molar-refractivity contribution in [2.45, 2.75) is 37.4 Å². The van der Waals surface area contributed by atoms with E-state index < -0.39 is 20.9 Å². The van der Waals surface area contributed by atoms with E-state index in [-0.39, 0.29) is 16.7 Å². The van der Waals surface area contributed by atoms with E-state index in [2.05, 4.69) is 9.71 Å². The van der Waals surface area contributed by atoms with Gasteiger partial charge in [-0.3, -0.25) is 4.79 Å². The number of nitrogens with one attached hydrogen (secondary N) is 2. The molecule has 8 heteroatoms. The fourth-order valence-corrected chi connectivity index (χ4v) is 4.21. The van der Waals surface area contributed by atoms with Crippen molar-refractivity contribution in [1.29, 1.82) is 0 Å². The Labute approximate surface area is 110 Å². The maximum absolute atomic E-state index is 12.0. The number of aryl methyl sites for hydroxylation is 1. The summed E-state index contributed by atoms with van der Waals surface area (Å²) in [6, 6.07) is -0.536. The minimum Gasteiger partial charge on any atom is -0.395 e. The van der Waals surface area contributed by atoms with Crippen molar-refractivity contribution in [2.24, 2.45) is 5.92 Å². The summed E-state index contributed by atoms with van der Waals surface area (Å²) in [5.41, 5.74) is 0.318. The van der Waals surface area contributed by atoms with Crippen LogP contribution >= 0.6 is 11.3 Å². The molecule has 6 nitrogen and oxygen atoms in total. The van der Waals surface area contributed by atoms with Gasteiger partial charge in [0.25, 0.3) is 10.0 Å². The molecule has 0 spiro atoms. The number of H-pyrrole nitrogens is 1. The first kappa shape index (κ1) is 15.4. The highest BCUT2D eigenvalue weighted by Gasteiger charge is 2.24. The van der Waals surface area contributed by atoms with Crippen LogP contribution in [0.1, 0.15) is 26.0 Å². The highest BCUT2D eigenvalue weighted by Crippen LogP contribution is 2.17. The van der Waals surface area contributed by atoms with Crippen LogP contribution in [-0.2, 0) is 10.0 Å². The molecule has 0 aliphatic rings. The molecule has 1 aromatic rings. The van der Waals surface area contributed by atoms with Crippen LogP contribution in [0.2, 0.25) is 0 Å². The van der Waals surface area contributed by atoms with E-state index in [1.165, 1.54) is 6.92 Å². The lowest BCUT2D eigenvalue weighted by Crippen LogP contribution is -2.38. The molecule has 0 saturated carbocycles. The Morgan fingerprint density at radius 2 is 2.06 bits per heavy atom. The Balaban J connectivity index is 2.94. The lowest BCUT2D eigenvalue weighted by Gasteiger charge is -2.17. The summed E-state index contributed by atoms with van der Waals surface area (Å²) < 4.78 is 26.5. The van der Waals surface area contributed by atoms with E-state index in [9.17, 15) is 13.2 Å². The first-order valence-electron chi connectivity index (χ1n) is 5.59. The van der Waals surface area contributed by atoms with Gasteiger partial charge in [0.1, 0.15) is 0 Å². The Morgan fingerprint density at radius 1 is 1.44 bits per heavy atom. The molecule has 1 unspecified atom stereocenters. The SMILES string of the molecule is Cc1[nH]c(=O)sc1S(=O)(=O)NC(CO)CC(C)C. The third-order valence-corrected chi connectivity index (χ3v) is 5.45. The fraction of sp³-hybridized carbons (Fsp3) is 0.700. The van der Waals surface area contributed by atoms with Crippen molar-refractivity contribution in [3.63, 3.8) is 0 Å². The molecule has 0 bridgehead atoms. The molecule has 1 atom stereocenters. The fourth-order valence-electron chi connectivity index (χ4n) is 1.65. The van der Waals surface area contributed by atoms with Gasteiger partial charge in [0, 0.05) is 11.7 Å². The summed E-state index contributed by atoms with van der Waals surface area (Å²) >= 11 is 0.649. The van der Waals surface area contributed by atoms with Gasteiger partial charge in [-0.05, 0) is 19.3 Å². The molecule has 0 saturated heterocycles. The lowest BCUT2D eigenvalue weighted by atomic mass is 10.1. The van der Waals surface area contributed by atoms with E-state index in [0.29, 0.717) is 23.5 Å². The van der Waals surface area contributed by atoms with Gasteiger partial charge in [0.05, 0.1) is 6.61 Å². The van der Waals surface area contributed by atoms with Crippen LogP contribution in [0.5, 0.6) is 0 Å². The van der Waals surface area contributed by atoms with Gasteiger partial charge in [-0.2, -0.15) is 0 Å². The number of aliphatic hydroxyl groups is 1. The molecule has 1 heterocycles. The lowest BCUT2D eigenvalue weighted by molar-refractivity contribution is 0.240. The summed E-state index contributed by atoms with van der Waals surface area (Å²) in [7, 11) is -3.75. The molecule has 1 aromatic heterocycles. The molecule has 0 aromatic carbocycles. The first-order valence-corrected chi connectivity index (χ1v) is 7.89. The van der Waals surface area contributed by atoms with Crippen molar-refractivity contribution in [1.82, 2.24) is 9.71 Å². The summed E-state index contributed by atoms with van der Waals surface area (Å²) in [5.74, 6) is 0.260. The van der Waals surface area contributed by atoms with Gasteiger partial charge in [-0.1, -0.05) is 25.2 Å². The predicted octanol–water partition coefficient (Wildman–Crippen LogP) is 0.430. The van der Waals surface area contributed by atoms with Gasteiger partial charge in [0.15, 0.2) is 4.21 Å². The third-order valence-electron chi connectivity index (χ3n) is 2.32. The molecule has 3 N–H and O–H groups in total. The van der Waals surface area contributed by atoms with E-state index in [1.807, 2.05) is 13.8 Å². The van der Waals surface area contributed by atoms with E-state index >= 15 is 0 Å². The van der Waals surface area contributed by atoms with Crippen molar-refractivity contribution >= 4 is 21.4 Å². The largest absolute Gasteiger partial charge is 0.395 e. The average molecular weight is 294 g/mol. The standard InChI is InChI=1S/C10H18N2O4S2/c1-6(2)4-8(5-13)12-18(15,16)9-7(3)11-10(14)17-9/h6,8,12-13H,4-5H2,1-3H3,(H,11,14). The smallest absolute Gasteiger partial charge is 0.305 e. The minimum absolute atomic E-state index is 0.0188. The molecule has 1 rings (SSSR count). The average Bonchev–Trinajstić information content (AvgIpc) is 2.56. The van der Waals surface area contributed by atoms with Crippen molar-refractivity contribution < 1.29 is 13.5 Å². The summed E-state index contributed by atoms with van der Waals surface area (Å²) in [5, 5.41) is 9.17. The highest BCUT2D eigenvalue weighted by atomic mass is 32.2. The molecule has 104 valence electrons. The number of aromatic nitrogens is 1. The maximum Gasteiger partial charge on any atom is 0.305 e. The summed E-state index contributed by atoms with van der Waals surface area (Å²) in [4.78, 5) is 13.1. The Hall–Kier alpha value is -0.700. The van der Waals surface area contributed by atoms with Gasteiger partial charge < -0.3 is 10.1 Å². The van der Waals surface area contributed by atoms with Gasteiger partial charge in [0.2, 0.25) is 0 Å². The highest BCUT2D eigenvalue weighted by molar-refractivity contribution is 7.91. The quantitative estimate of drug-likeness (QED) is 0.708. The van der Waals surface area contributed by atoms with Crippen LogP contribution in [0.3, 0.4) is 0 Å². The minimum atomic E-state index is -3.75. The van der Waals surface area contributed by atoms with Crippen LogP contribution in [-0.4, -0.2) is 31.2 Å². The number of aromatic amines is 1. The zero-order valence-electron chi connectivity index (χ0n) is 10.6. The second-order valence-corrected chi connectivity index (χ2v) is 7.45. The monoisotopic (exact) mass is 294 g/mol. The number of sulfonamides is 1. The van der Waals surface area contributed by atoms with Gasteiger partial charge >= 0.3 is 4.87 Å². The Morgan fingerprint density at radius 3 is 2.44 bits per heavy atom. The van der Waals surface area contributed by atoms with Crippen LogP contribution in [0.25, 0.3) is 0 Å². The van der Waals surface area contributed by atoms with Crippen LogP contribution in [0, 0.1) is 12.8 Å². The normalized spacial score (nSPS) is 14.1. The molecular weight excluding hydrogens is 276 g/mol. The topological polar surface area (TPSA) is 99.3 Å². The Bertz CT molecular complexity index is 544. The van der Waals surface area contributed by atoms with Crippen molar-refractivity contribution in [3.05, 3.63) is 15.4 Å². The molecule has 0 radical (unpaired) electrons. The number of hydrogen-bond donors (Lipinski definition) is 3. The second kappa shape index (κ2) is 5.96. The zero-order chi connectivity index (χ0) is 13.9. The zero-order valence-corrected chi connectivity index (χ0v) is 12.2. The maximum atomic E-state index is 12.0. The van der Waals surface area contributed by atoms with Crippen molar-refractivity contribution in [2.75, 3.05) is 6.61 Å². The molecule has 0 fully saturated rings. The first-order chi connectivity index (χ1) is 8.26. The Kier molecular flexibility index (Phi) is 5.09. The number of rotatable bonds is 6. The van der Waals surface area contributed by atoms with Crippen molar-refractivity contribution in [3.8, 4) is 0 Å². The molecular formula is C10H18N2O4S2. The van der Waals surface area contributed by atoms with Crippen LogP contribution in [0.15, 0.2) is 9.00 Å². The second-order valence-electron chi connectivity index (χ2n) is 4.56. The molecule has 0 amide bonds.